The number of thiazole rings is 1. The number of benzene rings is 1. The molecule has 0 unspecified atom stereocenters. The molecule has 0 saturated heterocycles. The van der Waals surface area contributed by atoms with Crippen LogP contribution in [0.2, 0.25) is 0 Å². The zero-order chi connectivity index (χ0) is 13.1. The fourth-order valence-corrected chi connectivity index (χ4v) is 3.52. The van der Waals surface area contributed by atoms with E-state index in [-0.39, 0.29) is 0 Å². The lowest BCUT2D eigenvalue weighted by Gasteiger charge is -2.09. The minimum Gasteiger partial charge on any atom is -0.373 e. The summed E-state index contributed by atoms with van der Waals surface area (Å²) in [4.78, 5) is 8.94. The number of nitrogens with zero attached hydrogens (tertiary/aromatic N) is 2. The summed E-state index contributed by atoms with van der Waals surface area (Å²) < 4.78 is 1.09. The van der Waals surface area contributed by atoms with Crippen molar-refractivity contribution in [2.45, 2.75) is 10.1 Å². The van der Waals surface area contributed by atoms with Crippen LogP contribution in [-0.2, 0) is 5.75 Å². The van der Waals surface area contributed by atoms with Gasteiger partial charge in [0.15, 0.2) is 0 Å². The van der Waals surface area contributed by atoms with Crippen molar-refractivity contribution in [3.05, 3.63) is 47.5 Å². The topological polar surface area (TPSA) is 37.8 Å². The molecule has 3 rings (SSSR count). The maximum Gasteiger partial charge on any atom is 0.150 e. The second-order valence-electron chi connectivity index (χ2n) is 4.03. The molecule has 0 aliphatic heterocycles. The van der Waals surface area contributed by atoms with E-state index in [0.29, 0.717) is 0 Å². The second-order valence-corrected chi connectivity index (χ2v) is 6.14. The highest BCUT2D eigenvalue weighted by molar-refractivity contribution is 8.00. The Balaban J connectivity index is 1.92. The molecule has 0 saturated carbocycles. The van der Waals surface area contributed by atoms with E-state index in [2.05, 4.69) is 27.4 Å². The molecule has 2 aromatic heterocycles. The van der Waals surface area contributed by atoms with Gasteiger partial charge in [0.25, 0.3) is 0 Å². The van der Waals surface area contributed by atoms with Gasteiger partial charge in [0.2, 0.25) is 0 Å². The largest absolute Gasteiger partial charge is 0.373 e. The van der Waals surface area contributed by atoms with Crippen molar-refractivity contribution in [2.75, 3.05) is 12.4 Å². The van der Waals surface area contributed by atoms with Gasteiger partial charge in [-0.15, -0.1) is 11.3 Å². The zero-order valence-electron chi connectivity index (χ0n) is 10.5. The molecule has 5 heteroatoms. The highest BCUT2D eigenvalue weighted by Gasteiger charge is 2.07. The van der Waals surface area contributed by atoms with Crippen molar-refractivity contribution in [1.29, 1.82) is 0 Å². The van der Waals surface area contributed by atoms with Crippen molar-refractivity contribution in [2.24, 2.45) is 0 Å². The Labute approximate surface area is 120 Å². The van der Waals surface area contributed by atoms with E-state index in [4.69, 9.17) is 0 Å². The molecule has 19 heavy (non-hydrogen) atoms. The highest BCUT2D eigenvalue weighted by Crippen LogP contribution is 2.29. The SMILES string of the molecule is CNc1nc2ccccc2cc1CSc1nccs1. The lowest BCUT2D eigenvalue weighted by atomic mass is 10.1. The first-order valence-electron chi connectivity index (χ1n) is 5.95. The van der Waals surface area contributed by atoms with E-state index in [1.54, 1.807) is 23.1 Å². The Morgan fingerprint density at radius 3 is 3.00 bits per heavy atom. The van der Waals surface area contributed by atoms with Gasteiger partial charge < -0.3 is 5.32 Å². The molecule has 96 valence electrons. The number of anilines is 1. The van der Waals surface area contributed by atoms with E-state index in [9.17, 15) is 0 Å². The number of thioether (sulfide) groups is 1. The lowest BCUT2D eigenvalue weighted by molar-refractivity contribution is 1.23. The van der Waals surface area contributed by atoms with Crippen molar-refractivity contribution >= 4 is 39.8 Å². The summed E-state index contributed by atoms with van der Waals surface area (Å²) >= 11 is 3.42. The van der Waals surface area contributed by atoms with Crippen molar-refractivity contribution in [1.82, 2.24) is 9.97 Å². The molecule has 2 heterocycles. The van der Waals surface area contributed by atoms with Crippen LogP contribution in [0.25, 0.3) is 10.9 Å². The summed E-state index contributed by atoms with van der Waals surface area (Å²) in [6.07, 6.45) is 1.84. The third-order valence-electron chi connectivity index (χ3n) is 2.80. The monoisotopic (exact) mass is 287 g/mol. The van der Waals surface area contributed by atoms with E-state index in [0.717, 1.165) is 21.4 Å². The lowest BCUT2D eigenvalue weighted by Crippen LogP contribution is -1.98. The normalized spacial score (nSPS) is 10.8. The standard InChI is InChI=1S/C14H13N3S2/c1-15-13-11(9-19-14-16-6-7-18-14)8-10-4-2-3-5-12(10)17-13/h2-8H,9H2,1H3,(H,15,17). The number of hydrogen-bond acceptors (Lipinski definition) is 5. The van der Waals surface area contributed by atoms with Gasteiger partial charge in [-0.05, 0) is 12.1 Å². The number of aromatic nitrogens is 2. The fraction of sp³-hybridized carbons (Fsp3) is 0.143. The average Bonchev–Trinajstić information content (AvgIpc) is 2.97. The van der Waals surface area contributed by atoms with Crippen molar-refractivity contribution < 1.29 is 0 Å². The summed E-state index contributed by atoms with van der Waals surface area (Å²) in [5.41, 5.74) is 2.23. The van der Waals surface area contributed by atoms with Crippen LogP contribution < -0.4 is 5.32 Å². The Bertz CT molecular complexity index is 680. The molecule has 0 amide bonds. The number of fused-ring (bicyclic) bond motifs is 1. The van der Waals surface area contributed by atoms with Crippen molar-refractivity contribution in [3.63, 3.8) is 0 Å². The Morgan fingerprint density at radius 2 is 2.21 bits per heavy atom. The van der Waals surface area contributed by atoms with Crippen LogP contribution in [0.15, 0.2) is 46.2 Å². The summed E-state index contributed by atoms with van der Waals surface area (Å²) in [6, 6.07) is 10.4. The second kappa shape index (κ2) is 5.59. The van der Waals surface area contributed by atoms with E-state index >= 15 is 0 Å². The quantitative estimate of drug-likeness (QED) is 0.735. The summed E-state index contributed by atoms with van der Waals surface area (Å²) in [6.45, 7) is 0. The molecule has 1 aromatic carbocycles. The van der Waals surface area contributed by atoms with Crippen molar-refractivity contribution in [3.8, 4) is 0 Å². The van der Waals surface area contributed by atoms with Gasteiger partial charge in [0.1, 0.15) is 10.2 Å². The molecule has 3 aromatic rings. The molecule has 0 aliphatic carbocycles. The molecule has 0 atom stereocenters. The van der Waals surface area contributed by atoms with Crippen LogP contribution in [0.3, 0.4) is 0 Å². The summed E-state index contributed by atoms with van der Waals surface area (Å²) in [7, 11) is 1.91. The van der Waals surface area contributed by atoms with Crippen LogP contribution >= 0.6 is 23.1 Å². The third kappa shape index (κ3) is 2.72. The molecule has 0 bridgehead atoms. The maximum absolute atomic E-state index is 4.65. The molecule has 0 fully saturated rings. The third-order valence-corrected chi connectivity index (χ3v) is 4.82. The summed E-state index contributed by atoms with van der Waals surface area (Å²) in [5, 5.41) is 6.35. The molecule has 3 nitrogen and oxygen atoms in total. The first kappa shape index (κ1) is 12.4. The van der Waals surface area contributed by atoms with Gasteiger partial charge in [-0.1, -0.05) is 30.0 Å². The Kier molecular flexibility index (Phi) is 3.66. The van der Waals surface area contributed by atoms with Gasteiger partial charge in [-0.3, -0.25) is 0 Å². The fourth-order valence-electron chi connectivity index (χ4n) is 1.91. The van der Waals surface area contributed by atoms with Crippen LogP contribution in [-0.4, -0.2) is 17.0 Å². The van der Waals surface area contributed by atoms with Crippen LogP contribution in [0.5, 0.6) is 0 Å². The minimum atomic E-state index is 0.877. The van der Waals surface area contributed by atoms with Gasteiger partial charge >= 0.3 is 0 Å². The van der Waals surface area contributed by atoms with Gasteiger partial charge in [-0.2, -0.15) is 0 Å². The van der Waals surface area contributed by atoms with Crippen LogP contribution in [0.4, 0.5) is 5.82 Å². The number of rotatable bonds is 4. The first-order valence-corrected chi connectivity index (χ1v) is 7.82. The molecule has 0 spiro atoms. The zero-order valence-corrected chi connectivity index (χ0v) is 12.1. The minimum absolute atomic E-state index is 0.877. The smallest absolute Gasteiger partial charge is 0.150 e. The maximum atomic E-state index is 4.65. The van der Waals surface area contributed by atoms with E-state index in [1.807, 2.05) is 36.8 Å². The molecular formula is C14H13N3S2. The van der Waals surface area contributed by atoms with Gasteiger partial charge in [-0.25, -0.2) is 9.97 Å². The van der Waals surface area contributed by atoms with Crippen LogP contribution in [0, 0.1) is 0 Å². The van der Waals surface area contributed by atoms with Gasteiger partial charge in [0.05, 0.1) is 5.52 Å². The van der Waals surface area contributed by atoms with E-state index in [1.165, 1.54) is 10.9 Å². The Morgan fingerprint density at radius 1 is 1.32 bits per heavy atom. The highest BCUT2D eigenvalue weighted by atomic mass is 32.2. The number of nitrogens with one attached hydrogen (secondary N) is 1. The van der Waals surface area contributed by atoms with Crippen LogP contribution in [0.1, 0.15) is 5.56 Å². The molecule has 0 radical (unpaired) electrons. The number of para-hydroxylation sites is 1. The predicted octanol–water partition coefficient (Wildman–Crippen LogP) is 4.03. The Hall–Kier alpha value is -1.59. The first-order chi connectivity index (χ1) is 9.36. The summed E-state index contributed by atoms with van der Waals surface area (Å²) in [5.74, 6) is 1.82. The number of pyridine rings is 1. The molecular weight excluding hydrogens is 274 g/mol. The number of hydrogen-bond donors (Lipinski definition) is 1. The predicted molar refractivity (Wildman–Crippen MR) is 83.0 cm³/mol. The molecule has 1 N–H and O–H groups in total. The van der Waals surface area contributed by atoms with Gasteiger partial charge in [0, 0.05) is 35.3 Å². The molecule has 0 aliphatic rings. The van der Waals surface area contributed by atoms with E-state index < -0.39 is 0 Å². The average molecular weight is 287 g/mol.